The Bertz CT molecular complexity index is 1080. The summed E-state index contributed by atoms with van der Waals surface area (Å²) in [6, 6.07) is 23.7. The van der Waals surface area contributed by atoms with Crippen LogP contribution in [0.15, 0.2) is 66.7 Å². The van der Waals surface area contributed by atoms with Gasteiger partial charge in [0.15, 0.2) is 0 Å². The van der Waals surface area contributed by atoms with Gasteiger partial charge in [0.05, 0.1) is 11.1 Å². The molecule has 3 rings (SSSR count). The van der Waals surface area contributed by atoms with Crippen LogP contribution < -0.4 is 4.74 Å². The molecule has 0 radical (unpaired) electrons. The molecule has 0 bridgehead atoms. The Kier molecular flexibility index (Phi) is 9.27. The van der Waals surface area contributed by atoms with Gasteiger partial charge < -0.3 is 4.74 Å². The Morgan fingerprint density at radius 2 is 1.30 bits per heavy atom. The van der Waals surface area contributed by atoms with Crippen molar-refractivity contribution < 1.29 is 9.53 Å². The molecular formula is C30H33NO2. The number of benzene rings is 3. The normalized spacial score (nSPS) is 10.6. The molecule has 0 unspecified atom stereocenters. The van der Waals surface area contributed by atoms with Crippen molar-refractivity contribution in [2.75, 3.05) is 0 Å². The monoisotopic (exact) mass is 439 g/mol. The van der Waals surface area contributed by atoms with E-state index in [9.17, 15) is 10.1 Å². The van der Waals surface area contributed by atoms with Crippen molar-refractivity contribution >= 4 is 5.97 Å². The summed E-state index contributed by atoms with van der Waals surface area (Å²) in [7, 11) is 0. The highest BCUT2D eigenvalue weighted by atomic mass is 16.5. The first-order valence-electron chi connectivity index (χ1n) is 12.1. The van der Waals surface area contributed by atoms with Gasteiger partial charge in [-0.2, -0.15) is 5.26 Å². The number of hydrogen-bond donors (Lipinski definition) is 0. The average molecular weight is 440 g/mol. The summed E-state index contributed by atoms with van der Waals surface area (Å²) in [6.07, 6.45) is 9.17. The van der Waals surface area contributed by atoms with Crippen LogP contribution in [0.5, 0.6) is 5.75 Å². The summed E-state index contributed by atoms with van der Waals surface area (Å²) >= 11 is 0. The van der Waals surface area contributed by atoms with Crippen molar-refractivity contribution in [1.82, 2.24) is 0 Å². The standard InChI is InChI=1S/C30H33NO2/c1-3-5-7-9-23-11-14-25(15-12-23)26-16-18-27(19-17-26)30(32)33-29-20-13-24(10-8-6-4-2)21-28(29)22-31/h11-21H,3-10H2,1-2H3. The van der Waals surface area contributed by atoms with E-state index < -0.39 is 5.97 Å². The van der Waals surface area contributed by atoms with E-state index in [1.165, 1.54) is 24.8 Å². The number of rotatable bonds is 11. The summed E-state index contributed by atoms with van der Waals surface area (Å²) in [5.41, 5.74) is 5.50. The first-order chi connectivity index (χ1) is 16.1. The van der Waals surface area contributed by atoms with E-state index in [2.05, 4.69) is 44.2 Å². The number of esters is 1. The fraction of sp³-hybridized carbons (Fsp3) is 0.333. The minimum absolute atomic E-state index is 0.310. The highest BCUT2D eigenvalue weighted by Gasteiger charge is 2.13. The van der Waals surface area contributed by atoms with E-state index in [1.807, 2.05) is 24.3 Å². The zero-order valence-electron chi connectivity index (χ0n) is 19.8. The number of aryl methyl sites for hydroxylation is 2. The number of carbonyl (C=O) groups excluding carboxylic acids is 1. The minimum Gasteiger partial charge on any atom is -0.422 e. The van der Waals surface area contributed by atoms with E-state index in [4.69, 9.17) is 4.74 Å². The van der Waals surface area contributed by atoms with Crippen molar-refractivity contribution in [3.05, 3.63) is 89.0 Å². The van der Waals surface area contributed by atoms with Gasteiger partial charge in [0.1, 0.15) is 11.8 Å². The molecule has 0 amide bonds. The minimum atomic E-state index is -0.456. The molecule has 170 valence electrons. The molecule has 0 spiro atoms. The number of carbonyl (C=O) groups is 1. The molecule has 0 aliphatic carbocycles. The lowest BCUT2D eigenvalue weighted by atomic mass is 10.0. The van der Waals surface area contributed by atoms with Gasteiger partial charge in [0.25, 0.3) is 0 Å². The van der Waals surface area contributed by atoms with Crippen LogP contribution in [-0.4, -0.2) is 5.97 Å². The van der Waals surface area contributed by atoms with E-state index in [-0.39, 0.29) is 0 Å². The third kappa shape index (κ3) is 7.05. The molecule has 0 saturated carbocycles. The molecular weight excluding hydrogens is 406 g/mol. The van der Waals surface area contributed by atoms with Gasteiger partial charge in [0.2, 0.25) is 0 Å². The van der Waals surface area contributed by atoms with Crippen LogP contribution in [0.2, 0.25) is 0 Å². The predicted octanol–water partition coefficient (Wildman–Crippen LogP) is 7.91. The average Bonchev–Trinajstić information content (AvgIpc) is 2.85. The Labute approximate surface area is 198 Å². The molecule has 33 heavy (non-hydrogen) atoms. The van der Waals surface area contributed by atoms with E-state index in [0.29, 0.717) is 16.9 Å². The molecule has 3 aromatic carbocycles. The van der Waals surface area contributed by atoms with Crippen molar-refractivity contribution in [2.45, 2.75) is 65.2 Å². The molecule has 0 heterocycles. The lowest BCUT2D eigenvalue weighted by Crippen LogP contribution is -2.09. The second kappa shape index (κ2) is 12.6. The SMILES string of the molecule is CCCCCc1ccc(-c2ccc(C(=O)Oc3ccc(CCCCC)cc3C#N)cc2)cc1. The van der Waals surface area contributed by atoms with E-state index in [1.54, 1.807) is 18.2 Å². The summed E-state index contributed by atoms with van der Waals surface area (Å²) in [5, 5.41) is 9.50. The molecule has 0 fully saturated rings. The topological polar surface area (TPSA) is 50.1 Å². The lowest BCUT2D eigenvalue weighted by Gasteiger charge is -2.09. The Morgan fingerprint density at radius 1 is 0.758 bits per heavy atom. The van der Waals surface area contributed by atoms with Crippen LogP contribution in [0.1, 0.15) is 79.4 Å². The van der Waals surface area contributed by atoms with Gasteiger partial charge in [-0.25, -0.2) is 4.79 Å². The van der Waals surface area contributed by atoms with Crippen molar-refractivity contribution in [1.29, 1.82) is 5.26 Å². The van der Waals surface area contributed by atoms with E-state index in [0.717, 1.165) is 48.8 Å². The number of ether oxygens (including phenoxy) is 1. The molecule has 0 atom stereocenters. The third-order valence-corrected chi connectivity index (χ3v) is 5.91. The molecule has 3 nitrogen and oxygen atoms in total. The van der Waals surface area contributed by atoms with Gasteiger partial charge in [-0.3, -0.25) is 0 Å². The molecule has 0 aromatic heterocycles. The van der Waals surface area contributed by atoms with Crippen LogP contribution in [-0.2, 0) is 12.8 Å². The highest BCUT2D eigenvalue weighted by molar-refractivity contribution is 5.92. The van der Waals surface area contributed by atoms with Crippen molar-refractivity contribution in [2.24, 2.45) is 0 Å². The Balaban J connectivity index is 1.64. The molecule has 0 aliphatic heterocycles. The first kappa shape index (κ1) is 24.3. The van der Waals surface area contributed by atoms with Gasteiger partial charge in [-0.1, -0.05) is 82.0 Å². The molecule has 0 saturated heterocycles. The van der Waals surface area contributed by atoms with Crippen molar-refractivity contribution in [3.63, 3.8) is 0 Å². The lowest BCUT2D eigenvalue weighted by molar-refractivity contribution is 0.0734. The second-order valence-electron chi connectivity index (χ2n) is 8.52. The fourth-order valence-electron chi connectivity index (χ4n) is 3.89. The van der Waals surface area contributed by atoms with Gasteiger partial charge in [-0.15, -0.1) is 0 Å². The number of hydrogen-bond acceptors (Lipinski definition) is 3. The predicted molar refractivity (Wildman–Crippen MR) is 134 cm³/mol. The zero-order valence-corrected chi connectivity index (χ0v) is 19.8. The number of nitrogens with zero attached hydrogens (tertiary/aromatic N) is 1. The van der Waals surface area contributed by atoms with Crippen LogP contribution in [0, 0.1) is 11.3 Å². The van der Waals surface area contributed by atoms with E-state index >= 15 is 0 Å². The summed E-state index contributed by atoms with van der Waals surface area (Å²) in [6.45, 7) is 4.39. The fourth-order valence-corrected chi connectivity index (χ4v) is 3.89. The quantitative estimate of drug-likeness (QED) is 0.173. The maximum atomic E-state index is 12.7. The van der Waals surface area contributed by atoms with Crippen LogP contribution in [0.4, 0.5) is 0 Å². The van der Waals surface area contributed by atoms with Crippen molar-refractivity contribution in [3.8, 4) is 22.9 Å². The number of unbranched alkanes of at least 4 members (excludes halogenated alkanes) is 4. The van der Waals surface area contributed by atoms with Gasteiger partial charge in [-0.05, 0) is 72.2 Å². The zero-order chi connectivity index (χ0) is 23.5. The molecule has 0 aliphatic rings. The molecule has 3 aromatic rings. The highest BCUT2D eigenvalue weighted by Crippen LogP contribution is 2.24. The smallest absolute Gasteiger partial charge is 0.343 e. The third-order valence-electron chi connectivity index (χ3n) is 5.91. The molecule has 0 N–H and O–H groups in total. The maximum absolute atomic E-state index is 12.7. The van der Waals surface area contributed by atoms with Crippen LogP contribution >= 0.6 is 0 Å². The summed E-state index contributed by atoms with van der Waals surface area (Å²) in [5.74, 6) is -0.146. The second-order valence-corrected chi connectivity index (χ2v) is 8.52. The largest absolute Gasteiger partial charge is 0.422 e. The summed E-state index contributed by atoms with van der Waals surface area (Å²) < 4.78 is 5.55. The van der Waals surface area contributed by atoms with Gasteiger partial charge in [0, 0.05) is 0 Å². The van der Waals surface area contributed by atoms with Gasteiger partial charge >= 0.3 is 5.97 Å². The summed E-state index contributed by atoms with van der Waals surface area (Å²) in [4.78, 5) is 12.7. The van der Waals surface area contributed by atoms with Crippen LogP contribution in [0.3, 0.4) is 0 Å². The Hall–Kier alpha value is -3.38. The molecule has 3 heteroatoms. The number of nitriles is 1. The Morgan fingerprint density at radius 3 is 1.88 bits per heavy atom. The maximum Gasteiger partial charge on any atom is 0.343 e. The first-order valence-corrected chi connectivity index (χ1v) is 12.1. The van der Waals surface area contributed by atoms with Crippen LogP contribution in [0.25, 0.3) is 11.1 Å².